The predicted octanol–water partition coefficient (Wildman–Crippen LogP) is 2.73. The molecular formula is C17H20N4. The van der Waals surface area contributed by atoms with Gasteiger partial charge >= 0.3 is 0 Å². The Balaban J connectivity index is 1.64. The van der Waals surface area contributed by atoms with Gasteiger partial charge in [-0.05, 0) is 49.6 Å². The van der Waals surface area contributed by atoms with Crippen molar-refractivity contribution >= 4 is 0 Å². The molecular weight excluding hydrogens is 260 g/mol. The highest BCUT2D eigenvalue weighted by atomic mass is 15.3. The van der Waals surface area contributed by atoms with Gasteiger partial charge in [0.25, 0.3) is 0 Å². The summed E-state index contributed by atoms with van der Waals surface area (Å²) in [5.41, 5.74) is 3.22. The van der Waals surface area contributed by atoms with Crippen molar-refractivity contribution in [3.8, 4) is 6.07 Å². The van der Waals surface area contributed by atoms with Crippen molar-refractivity contribution in [1.82, 2.24) is 14.7 Å². The van der Waals surface area contributed by atoms with Crippen molar-refractivity contribution in [1.29, 1.82) is 5.26 Å². The second-order valence-corrected chi connectivity index (χ2v) is 5.81. The normalized spacial score (nSPS) is 18.8. The Labute approximate surface area is 125 Å². The maximum absolute atomic E-state index is 8.85. The highest BCUT2D eigenvalue weighted by Crippen LogP contribution is 2.21. The van der Waals surface area contributed by atoms with E-state index >= 15 is 0 Å². The first-order chi connectivity index (χ1) is 10.2. The molecule has 1 aromatic heterocycles. The average Bonchev–Trinajstić information content (AvgIpc) is 3.10. The molecule has 0 amide bonds. The molecule has 1 unspecified atom stereocenters. The molecule has 0 spiro atoms. The van der Waals surface area contributed by atoms with Crippen molar-refractivity contribution < 1.29 is 0 Å². The van der Waals surface area contributed by atoms with Crippen LogP contribution in [0.15, 0.2) is 36.7 Å². The Morgan fingerprint density at radius 3 is 2.81 bits per heavy atom. The van der Waals surface area contributed by atoms with Crippen molar-refractivity contribution in [2.45, 2.75) is 38.9 Å². The number of nitrogens with zero attached hydrogens (tertiary/aromatic N) is 4. The zero-order valence-electron chi connectivity index (χ0n) is 12.4. The van der Waals surface area contributed by atoms with Crippen LogP contribution in [0.1, 0.15) is 29.5 Å². The summed E-state index contributed by atoms with van der Waals surface area (Å²) in [7, 11) is 0. The molecule has 1 atom stereocenters. The molecule has 108 valence electrons. The monoisotopic (exact) mass is 280 g/mol. The third-order valence-corrected chi connectivity index (χ3v) is 4.13. The van der Waals surface area contributed by atoms with Crippen LogP contribution in [0, 0.1) is 18.3 Å². The first kappa shape index (κ1) is 13.8. The van der Waals surface area contributed by atoms with E-state index in [0.29, 0.717) is 6.04 Å². The van der Waals surface area contributed by atoms with Crippen LogP contribution in [0.25, 0.3) is 0 Å². The van der Waals surface area contributed by atoms with Gasteiger partial charge in [0, 0.05) is 18.8 Å². The van der Waals surface area contributed by atoms with Gasteiger partial charge in [-0.2, -0.15) is 10.4 Å². The molecule has 1 aromatic carbocycles. The summed E-state index contributed by atoms with van der Waals surface area (Å²) >= 11 is 0. The Kier molecular flexibility index (Phi) is 4.03. The van der Waals surface area contributed by atoms with Gasteiger partial charge in [0.2, 0.25) is 0 Å². The number of aromatic nitrogens is 2. The SMILES string of the molecule is Cc1cnn(CC2CCCN2Cc2ccc(C#N)cc2)c1. The van der Waals surface area contributed by atoms with Gasteiger partial charge in [-0.1, -0.05) is 12.1 Å². The number of benzene rings is 1. The van der Waals surface area contributed by atoms with E-state index in [1.165, 1.54) is 24.0 Å². The van der Waals surface area contributed by atoms with Gasteiger partial charge in [0.1, 0.15) is 0 Å². The fraction of sp³-hybridized carbons (Fsp3) is 0.412. The highest BCUT2D eigenvalue weighted by molar-refractivity contribution is 5.31. The zero-order valence-corrected chi connectivity index (χ0v) is 12.4. The molecule has 1 fully saturated rings. The number of rotatable bonds is 4. The minimum atomic E-state index is 0.556. The van der Waals surface area contributed by atoms with Gasteiger partial charge in [0.15, 0.2) is 0 Å². The van der Waals surface area contributed by atoms with Gasteiger partial charge in [-0.15, -0.1) is 0 Å². The van der Waals surface area contributed by atoms with E-state index < -0.39 is 0 Å². The number of nitriles is 1. The Morgan fingerprint density at radius 1 is 1.33 bits per heavy atom. The van der Waals surface area contributed by atoms with E-state index in [1.54, 1.807) is 0 Å². The fourth-order valence-corrected chi connectivity index (χ4v) is 3.01. The molecule has 2 aromatic rings. The quantitative estimate of drug-likeness (QED) is 0.865. The summed E-state index contributed by atoms with van der Waals surface area (Å²) in [6.45, 7) is 5.14. The van der Waals surface area contributed by atoms with Gasteiger partial charge in [-0.25, -0.2) is 0 Å². The van der Waals surface area contributed by atoms with Crippen LogP contribution in [-0.2, 0) is 13.1 Å². The summed E-state index contributed by atoms with van der Waals surface area (Å²) in [4.78, 5) is 2.53. The third-order valence-electron chi connectivity index (χ3n) is 4.13. The smallest absolute Gasteiger partial charge is 0.0991 e. The number of aryl methyl sites for hydroxylation is 1. The average molecular weight is 280 g/mol. The maximum atomic E-state index is 8.85. The van der Waals surface area contributed by atoms with Crippen molar-refractivity contribution in [3.63, 3.8) is 0 Å². The van der Waals surface area contributed by atoms with Gasteiger partial charge in [-0.3, -0.25) is 9.58 Å². The lowest BCUT2D eigenvalue weighted by molar-refractivity contribution is 0.219. The summed E-state index contributed by atoms with van der Waals surface area (Å²) in [5.74, 6) is 0. The molecule has 1 saturated heterocycles. The van der Waals surface area contributed by atoms with Crippen LogP contribution in [0.5, 0.6) is 0 Å². The zero-order chi connectivity index (χ0) is 14.7. The van der Waals surface area contributed by atoms with E-state index in [2.05, 4.69) is 46.0 Å². The molecule has 0 radical (unpaired) electrons. The Hall–Kier alpha value is -2.12. The van der Waals surface area contributed by atoms with Crippen molar-refractivity contribution in [2.24, 2.45) is 0 Å². The second kappa shape index (κ2) is 6.11. The number of hydrogen-bond donors (Lipinski definition) is 0. The molecule has 0 bridgehead atoms. The second-order valence-electron chi connectivity index (χ2n) is 5.81. The molecule has 4 heteroatoms. The Morgan fingerprint density at radius 2 is 2.14 bits per heavy atom. The summed E-state index contributed by atoms with van der Waals surface area (Å²) in [6, 6.07) is 10.6. The van der Waals surface area contributed by atoms with Crippen LogP contribution < -0.4 is 0 Å². The molecule has 0 saturated carbocycles. The lowest BCUT2D eigenvalue weighted by Crippen LogP contribution is -2.32. The first-order valence-electron chi connectivity index (χ1n) is 7.47. The van der Waals surface area contributed by atoms with E-state index in [0.717, 1.165) is 25.2 Å². The molecule has 1 aliphatic heterocycles. The van der Waals surface area contributed by atoms with E-state index in [4.69, 9.17) is 5.26 Å². The van der Waals surface area contributed by atoms with Gasteiger partial charge < -0.3 is 0 Å². The lowest BCUT2D eigenvalue weighted by Gasteiger charge is -2.24. The van der Waals surface area contributed by atoms with Crippen molar-refractivity contribution in [3.05, 3.63) is 53.3 Å². The summed E-state index contributed by atoms with van der Waals surface area (Å²) in [5, 5.41) is 13.2. The van der Waals surface area contributed by atoms with E-state index in [9.17, 15) is 0 Å². The number of hydrogen-bond acceptors (Lipinski definition) is 3. The summed E-state index contributed by atoms with van der Waals surface area (Å²) < 4.78 is 2.05. The van der Waals surface area contributed by atoms with Crippen molar-refractivity contribution in [2.75, 3.05) is 6.54 Å². The number of likely N-dealkylation sites (tertiary alicyclic amines) is 1. The summed E-state index contributed by atoms with van der Waals surface area (Å²) in [6.07, 6.45) is 6.51. The maximum Gasteiger partial charge on any atom is 0.0991 e. The minimum Gasteiger partial charge on any atom is -0.294 e. The molecule has 3 rings (SSSR count). The molecule has 0 N–H and O–H groups in total. The largest absolute Gasteiger partial charge is 0.294 e. The highest BCUT2D eigenvalue weighted by Gasteiger charge is 2.24. The predicted molar refractivity (Wildman–Crippen MR) is 81.6 cm³/mol. The first-order valence-corrected chi connectivity index (χ1v) is 7.47. The van der Waals surface area contributed by atoms with E-state index in [-0.39, 0.29) is 0 Å². The van der Waals surface area contributed by atoms with E-state index in [1.807, 2.05) is 18.3 Å². The van der Waals surface area contributed by atoms with Crippen LogP contribution >= 0.6 is 0 Å². The standard InChI is InChI=1S/C17H20N4/c1-14-10-19-21(11-14)13-17-3-2-8-20(17)12-16-6-4-15(9-18)5-7-16/h4-7,10-11,17H,2-3,8,12-13H2,1H3. The Bertz CT molecular complexity index is 636. The topological polar surface area (TPSA) is 44.9 Å². The van der Waals surface area contributed by atoms with Crippen LogP contribution in [0.4, 0.5) is 0 Å². The lowest BCUT2D eigenvalue weighted by atomic mass is 10.1. The minimum absolute atomic E-state index is 0.556. The molecule has 1 aliphatic rings. The third kappa shape index (κ3) is 3.32. The van der Waals surface area contributed by atoms with Gasteiger partial charge in [0.05, 0.1) is 24.4 Å². The molecule has 0 aliphatic carbocycles. The van der Waals surface area contributed by atoms with Crippen LogP contribution in [0.3, 0.4) is 0 Å². The molecule has 2 heterocycles. The fourth-order valence-electron chi connectivity index (χ4n) is 3.01. The van der Waals surface area contributed by atoms with Crippen LogP contribution in [-0.4, -0.2) is 27.3 Å². The molecule has 21 heavy (non-hydrogen) atoms. The van der Waals surface area contributed by atoms with Crippen LogP contribution in [0.2, 0.25) is 0 Å². The molecule has 4 nitrogen and oxygen atoms in total.